The second-order valence-corrected chi connectivity index (χ2v) is 3.41. The third-order valence-corrected chi connectivity index (χ3v) is 2.36. The van der Waals surface area contributed by atoms with E-state index in [1.165, 1.54) is 0 Å². The Bertz CT molecular complexity index is 377. The molecule has 0 atom stereocenters. The molecule has 0 bridgehead atoms. The van der Waals surface area contributed by atoms with Gasteiger partial charge in [-0.2, -0.15) is 0 Å². The monoisotopic (exact) mass is 220 g/mol. The zero-order chi connectivity index (χ0) is 12.0. The molecule has 0 aliphatic rings. The van der Waals surface area contributed by atoms with Gasteiger partial charge in [-0.1, -0.05) is 36.9 Å². The average molecular weight is 220 g/mol. The van der Waals surface area contributed by atoms with Crippen molar-refractivity contribution < 1.29 is 15.3 Å². The van der Waals surface area contributed by atoms with E-state index in [4.69, 9.17) is 15.3 Å². The third kappa shape index (κ3) is 3.03. The first-order chi connectivity index (χ1) is 7.72. The molecular formula is C13H16O3. The predicted molar refractivity (Wildman–Crippen MR) is 64.7 cm³/mol. The highest BCUT2D eigenvalue weighted by molar-refractivity contribution is 5.70. The predicted octanol–water partition coefficient (Wildman–Crippen LogP) is 1.06. The molecule has 1 rings (SSSR count). The summed E-state index contributed by atoms with van der Waals surface area (Å²) in [4.78, 5) is 0. The van der Waals surface area contributed by atoms with E-state index in [0.717, 1.165) is 11.1 Å². The van der Waals surface area contributed by atoms with E-state index in [-0.39, 0.29) is 19.8 Å². The lowest BCUT2D eigenvalue weighted by atomic mass is 10.0. The molecule has 0 aliphatic carbocycles. The molecule has 1 aromatic carbocycles. The van der Waals surface area contributed by atoms with Crippen LogP contribution in [-0.4, -0.2) is 35.1 Å². The van der Waals surface area contributed by atoms with Crippen LogP contribution in [0.3, 0.4) is 0 Å². The highest BCUT2D eigenvalue weighted by Crippen LogP contribution is 2.18. The molecule has 0 amide bonds. The minimum absolute atomic E-state index is 0.0708. The Kier molecular flexibility index (Phi) is 4.92. The lowest BCUT2D eigenvalue weighted by molar-refractivity contribution is 0.334. The van der Waals surface area contributed by atoms with Crippen LogP contribution < -0.4 is 0 Å². The van der Waals surface area contributed by atoms with Crippen molar-refractivity contribution in [3.05, 3.63) is 48.0 Å². The molecule has 0 fully saturated rings. The minimum atomic E-state index is -0.110. The smallest absolute Gasteiger partial charge is 0.0685 e. The van der Waals surface area contributed by atoms with Crippen LogP contribution in [0.2, 0.25) is 0 Å². The van der Waals surface area contributed by atoms with Gasteiger partial charge in [-0.15, -0.1) is 0 Å². The fraction of sp³-hybridized carbons (Fsp3) is 0.231. The molecule has 0 saturated carbocycles. The molecule has 3 heteroatoms. The second-order valence-electron chi connectivity index (χ2n) is 3.41. The molecule has 0 saturated heterocycles. The summed E-state index contributed by atoms with van der Waals surface area (Å²) < 4.78 is 0. The van der Waals surface area contributed by atoms with E-state index in [2.05, 4.69) is 6.58 Å². The van der Waals surface area contributed by atoms with Gasteiger partial charge >= 0.3 is 0 Å². The van der Waals surface area contributed by atoms with Gasteiger partial charge in [0.15, 0.2) is 0 Å². The SMILES string of the molecule is C=C(CO)c1ccc(/C(=C/CO)CO)cc1. The van der Waals surface area contributed by atoms with Gasteiger partial charge < -0.3 is 15.3 Å². The first kappa shape index (κ1) is 12.6. The van der Waals surface area contributed by atoms with Gasteiger partial charge in [0.2, 0.25) is 0 Å². The van der Waals surface area contributed by atoms with Crippen molar-refractivity contribution >= 4 is 11.1 Å². The van der Waals surface area contributed by atoms with Gasteiger partial charge in [-0.25, -0.2) is 0 Å². The van der Waals surface area contributed by atoms with Crippen molar-refractivity contribution in [1.29, 1.82) is 0 Å². The summed E-state index contributed by atoms with van der Waals surface area (Å²) >= 11 is 0. The zero-order valence-electron chi connectivity index (χ0n) is 9.06. The molecule has 86 valence electrons. The molecule has 0 aromatic heterocycles. The first-order valence-corrected chi connectivity index (χ1v) is 5.03. The first-order valence-electron chi connectivity index (χ1n) is 5.03. The zero-order valence-corrected chi connectivity index (χ0v) is 9.06. The Hall–Kier alpha value is -1.42. The van der Waals surface area contributed by atoms with E-state index >= 15 is 0 Å². The van der Waals surface area contributed by atoms with Crippen molar-refractivity contribution in [2.24, 2.45) is 0 Å². The maximum absolute atomic E-state index is 9.10. The third-order valence-electron chi connectivity index (χ3n) is 2.36. The quantitative estimate of drug-likeness (QED) is 0.695. The largest absolute Gasteiger partial charge is 0.392 e. The maximum atomic E-state index is 9.10. The summed E-state index contributed by atoms with van der Waals surface area (Å²) in [5.74, 6) is 0. The van der Waals surface area contributed by atoms with Crippen LogP contribution >= 0.6 is 0 Å². The summed E-state index contributed by atoms with van der Waals surface area (Å²) in [5, 5.41) is 26.8. The summed E-state index contributed by atoms with van der Waals surface area (Å²) in [6.45, 7) is 3.44. The van der Waals surface area contributed by atoms with Gasteiger partial charge in [0, 0.05) is 0 Å². The molecule has 0 heterocycles. The van der Waals surface area contributed by atoms with Crippen LogP contribution in [0.5, 0.6) is 0 Å². The molecule has 1 aromatic rings. The van der Waals surface area contributed by atoms with Crippen molar-refractivity contribution in [3.63, 3.8) is 0 Å². The van der Waals surface area contributed by atoms with Crippen LogP contribution in [0.15, 0.2) is 36.9 Å². The van der Waals surface area contributed by atoms with Gasteiger partial charge in [0.05, 0.1) is 19.8 Å². The summed E-state index contributed by atoms with van der Waals surface area (Å²) in [6.07, 6.45) is 1.57. The number of hydrogen-bond donors (Lipinski definition) is 3. The normalized spacial score (nSPS) is 11.6. The van der Waals surface area contributed by atoms with Gasteiger partial charge in [-0.05, 0) is 22.3 Å². The number of benzene rings is 1. The van der Waals surface area contributed by atoms with Gasteiger partial charge in [-0.3, -0.25) is 0 Å². The fourth-order valence-electron chi connectivity index (χ4n) is 1.40. The summed E-state index contributed by atoms with van der Waals surface area (Å²) in [7, 11) is 0. The van der Waals surface area contributed by atoms with Crippen molar-refractivity contribution in [1.82, 2.24) is 0 Å². The van der Waals surface area contributed by atoms with Crippen LogP contribution in [0, 0.1) is 0 Å². The number of rotatable bonds is 5. The van der Waals surface area contributed by atoms with Crippen LogP contribution in [0.25, 0.3) is 11.1 Å². The van der Waals surface area contributed by atoms with Crippen molar-refractivity contribution in [2.75, 3.05) is 19.8 Å². The average Bonchev–Trinajstić information content (AvgIpc) is 2.35. The molecule has 0 aliphatic heterocycles. The second kappa shape index (κ2) is 6.23. The minimum Gasteiger partial charge on any atom is -0.392 e. The molecule has 0 spiro atoms. The Balaban J connectivity index is 2.94. The van der Waals surface area contributed by atoms with Crippen molar-refractivity contribution in [2.45, 2.75) is 0 Å². The van der Waals surface area contributed by atoms with E-state index < -0.39 is 0 Å². The fourth-order valence-corrected chi connectivity index (χ4v) is 1.40. The molecule has 16 heavy (non-hydrogen) atoms. The lowest BCUT2D eigenvalue weighted by Crippen LogP contribution is -1.94. The Morgan fingerprint density at radius 2 is 1.56 bits per heavy atom. The Labute approximate surface area is 95.0 Å². The Morgan fingerprint density at radius 3 is 2.00 bits per heavy atom. The number of aliphatic hydroxyl groups excluding tert-OH is 3. The molecule has 3 N–H and O–H groups in total. The highest BCUT2D eigenvalue weighted by atomic mass is 16.3. The van der Waals surface area contributed by atoms with Crippen LogP contribution in [0.4, 0.5) is 0 Å². The van der Waals surface area contributed by atoms with Gasteiger partial charge in [0.1, 0.15) is 0 Å². The van der Waals surface area contributed by atoms with E-state index in [1.54, 1.807) is 6.08 Å². The van der Waals surface area contributed by atoms with E-state index in [0.29, 0.717) is 11.1 Å². The summed E-state index contributed by atoms with van der Waals surface area (Å²) in [6, 6.07) is 7.31. The highest BCUT2D eigenvalue weighted by Gasteiger charge is 2.01. The van der Waals surface area contributed by atoms with Crippen LogP contribution in [0.1, 0.15) is 11.1 Å². The topological polar surface area (TPSA) is 60.7 Å². The number of hydrogen-bond acceptors (Lipinski definition) is 3. The molecular weight excluding hydrogens is 204 g/mol. The lowest BCUT2D eigenvalue weighted by Gasteiger charge is -2.06. The molecule has 3 nitrogen and oxygen atoms in total. The van der Waals surface area contributed by atoms with Crippen molar-refractivity contribution in [3.8, 4) is 0 Å². The van der Waals surface area contributed by atoms with Gasteiger partial charge in [0.25, 0.3) is 0 Å². The summed E-state index contributed by atoms with van der Waals surface area (Å²) in [5.41, 5.74) is 3.06. The maximum Gasteiger partial charge on any atom is 0.0685 e. The number of aliphatic hydroxyl groups is 3. The molecule has 0 radical (unpaired) electrons. The Morgan fingerprint density at radius 1 is 1.00 bits per heavy atom. The standard InChI is InChI=1S/C13H16O3/c1-10(8-15)11-2-4-12(5-3-11)13(9-16)6-7-14/h2-6,14-16H,1,7-9H2/b13-6+. The van der Waals surface area contributed by atoms with Crippen LogP contribution in [-0.2, 0) is 0 Å². The van der Waals surface area contributed by atoms with E-state index in [9.17, 15) is 0 Å². The molecule has 0 unspecified atom stereocenters. The van der Waals surface area contributed by atoms with E-state index in [1.807, 2.05) is 24.3 Å².